The van der Waals surface area contributed by atoms with Crippen LogP contribution in [0.1, 0.15) is 36.2 Å². The summed E-state index contributed by atoms with van der Waals surface area (Å²) in [6.07, 6.45) is -0.732. The second-order valence-electron chi connectivity index (χ2n) is 6.43. The summed E-state index contributed by atoms with van der Waals surface area (Å²) in [4.78, 5) is 23.7. The first-order valence-corrected chi connectivity index (χ1v) is 8.91. The molecule has 29 heavy (non-hydrogen) atoms. The van der Waals surface area contributed by atoms with Crippen LogP contribution in [0.2, 0.25) is 0 Å². The van der Waals surface area contributed by atoms with Crippen molar-refractivity contribution in [3.05, 3.63) is 24.2 Å². The van der Waals surface area contributed by atoms with Crippen molar-refractivity contribution < 1.29 is 27.5 Å². The summed E-state index contributed by atoms with van der Waals surface area (Å²) in [5.74, 6) is -1.19. The topological polar surface area (TPSA) is 137 Å². The lowest BCUT2D eigenvalue weighted by molar-refractivity contribution is -0.115. The molecule has 1 aliphatic carbocycles. The van der Waals surface area contributed by atoms with E-state index in [1.54, 1.807) is 0 Å². The highest BCUT2D eigenvalue weighted by Crippen LogP contribution is 2.22. The summed E-state index contributed by atoms with van der Waals surface area (Å²) >= 11 is 0. The number of rotatable bonds is 7. The number of hydrogen-bond donors (Lipinski definition) is 5. The maximum absolute atomic E-state index is 12.5. The van der Waals surface area contributed by atoms with Gasteiger partial charge in [-0.05, 0) is 25.0 Å². The molecule has 2 heterocycles. The van der Waals surface area contributed by atoms with Gasteiger partial charge in [0.05, 0.1) is 18.4 Å². The summed E-state index contributed by atoms with van der Waals surface area (Å²) in [6.45, 7) is -1.35. The highest BCUT2D eigenvalue weighted by Gasteiger charge is 2.28. The molecule has 13 heteroatoms. The first-order valence-electron chi connectivity index (χ1n) is 8.91. The van der Waals surface area contributed by atoms with Gasteiger partial charge in [-0.1, -0.05) is 12.8 Å². The van der Waals surface area contributed by atoms with Crippen molar-refractivity contribution in [3.8, 4) is 0 Å². The molecule has 0 aromatic carbocycles. The van der Waals surface area contributed by atoms with Gasteiger partial charge in [0.25, 0.3) is 0 Å². The van der Waals surface area contributed by atoms with Gasteiger partial charge >= 0.3 is 12.1 Å². The number of alkyl halides is 3. The molecule has 2 aromatic rings. The molecule has 0 bridgehead atoms. The van der Waals surface area contributed by atoms with Crippen molar-refractivity contribution in [1.29, 1.82) is 0 Å². The standard InChI is InChI=1S/C16H20F3N7O3/c17-16(18,19)8-20-13-22-14(21-9-4-1-2-5-10(9)27)24-15(23-13)26-25-12(28)11-6-3-7-29-11/h3,6-7,9-10,27H,1-2,4-5,8H2,(H,25,28)(H3,20,21,22,23,24,26). The van der Waals surface area contributed by atoms with E-state index in [4.69, 9.17) is 4.42 Å². The molecule has 1 aliphatic rings. The molecule has 10 nitrogen and oxygen atoms in total. The van der Waals surface area contributed by atoms with Gasteiger partial charge in [0.2, 0.25) is 17.8 Å². The van der Waals surface area contributed by atoms with Gasteiger partial charge < -0.3 is 20.2 Å². The predicted octanol–water partition coefficient (Wildman–Crippen LogP) is 1.91. The lowest BCUT2D eigenvalue weighted by Crippen LogP contribution is -2.37. The van der Waals surface area contributed by atoms with E-state index >= 15 is 0 Å². The Morgan fingerprint density at radius 2 is 1.90 bits per heavy atom. The molecule has 1 amide bonds. The summed E-state index contributed by atoms with van der Waals surface area (Å²) < 4.78 is 42.5. The number of aliphatic hydroxyl groups is 1. The number of hydrogen-bond acceptors (Lipinski definition) is 9. The molecule has 1 fully saturated rings. The van der Waals surface area contributed by atoms with E-state index in [1.807, 2.05) is 0 Å². The number of halogens is 3. The normalized spacial score (nSPS) is 19.4. The third kappa shape index (κ3) is 6.20. The molecule has 3 rings (SSSR count). The molecule has 0 aliphatic heterocycles. The Hall–Kier alpha value is -3.09. The number of amides is 1. The Morgan fingerprint density at radius 3 is 2.59 bits per heavy atom. The smallest absolute Gasteiger partial charge is 0.405 e. The van der Waals surface area contributed by atoms with E-state index in [2.05, 4.69) is 36.4 Å². The Labute approximate surface area is 163 Å². The van der Waals surface area contributed by atoms with E-state index in [9.17, 15) is 23.1 Å². The van der Waals surface area contributed by atoms with Crippen molar-refractivity contribution >= 4 is 23.8 Å². The van der Waals surface area contributed by atoms with Gasteiger partial charge in [-0.15, -0.1) is 0 Å². The van der Waals surface area contributed by atoms with Crippen molar-refractivity contribution in [1.82, 2.24) is 20.4 Å². The number of nitrogens with zero attached hydrogens (tertiary/aromatic N) is 3. The Balaban J connectivity index is 1.73. The van der Waals surface area contributed by atoms with E-state index in [-0.39, 0.29) is 29.6 Å². The van der Waals surface area contributed by atoms with E-state index in [0.29, 0.717) is 12.8 Å². The summed E-state index contributed by atoms with van der Waals surface area (Å²) in [5, 5.41) is 15.1. The average molecular weight is 415 g/mol. The molecule has 0 spiro atoms. The number of aliphatic hydroxyl groups excluding tert-OH is 1. The van der Waals surface area contributed by atoms with Gasteiger partial charge in [-0.25, -0.2) is 0 Å². The quantitative estimate of drug-likeness (QED) is 0.429. The maximum Gasteiger partial charge on any atom is 0.405 e. The summed E-state index contributed by atoms with van der Waals surface area (Å²) in [5.41, 5.74) is 4.69. The highest BCUT2D eigenvalue weighted by molar-refractivity contribution is 5.91. The third-order valence-electron chi connectivity index (χ3n) is 4.16. The fourth-order valence-electron chi connectivity index (χ4n) is 2.78. The molecule has 0 saturated heterocycles. The molecule has 158 valence electrons. The Kier molecular flexibility index (Phi) is 6.36. The SMILES string of the molecule is O=C(NNc1nc(NCC(F)(F)F)nc(NC2CCCCC2O)n1)c1ccco1. The zero-order valence-corrected chi connectivity index (χ0v) is 15.2. The fraction of sp³-hybridized carbons (Fsp3) is 0.500. The lowest BCUT2D eigenvalue weighted by atomic mass is 9.93. The van der Waals surface area contributed by atoms with Crippen molar-refractivity contribution in [2.75, 3.05) is 22.6 Å². The van der Waals surface area contributed by atoms with Crippen LogP contribution in [0.25, 0.3) is 0 Å². The number of aromatic nitrogens is 3. The first-order chi connectivity index (χ1) is 13.8. The molecule has 2 aromatic heterocycles. The molecule has 2 atom stereocenters. The molecular weight excluding hydrogens is 395 g/mol. The van der Waals surface area contributed by atoms with Crippen LogP contribution in [0, 0.1) is 0 Å². The van der Waals surface area contributed by atoms with E-state index < -0.39 is 24.7 Å². The van der Waals surface area contributed by atoms with Gasteiger partial charge in [0, 0.05) is 0 Å². The minimum absolute atomic E-state index is 0.0191. The second kappa shape index (κ2) is 8.94. The van der Waals surface area contributed by atoms with Crippen LogP contribution in [0.15, 0.2) is 22.8 Å². The fourth-order valence-corrected chi connectivity index (χ4v) is 2.78. The maximum atomic E-state index is 12.5. The van der Waals surface area contributed by atoms with E-state index in [1.165, 1.54) is 18.4 Å². The number of furan rings is 1. The minimum atomic E-state index is -4.47. The number of carbonyl (C=O) groups excluding carboxylic acids is 1. The molecule has 2 unspecified atom stereocenters. The molecular formula is C16H20F3N7O3. The van der Waals surface area contributed by atoms with Crippen LogP contribution in [0.3, 0.4) is 0 Å². The number of carbonyl (C=O) groups is 1. The van der Waals surface area contributed by atoms with Crippen LogP contribution >= 0.6 is 0 Å². The van der Waals surface area contributed by atoms with Crippen LogP contribution < -0.4 is 21.5 Å². The zero-order valence-electron chi connectivity index (χ0n) is 15.2. The van der Waals surface area contributed by atoms with Crippen molar-refractivity contribution in [3.63, 3.8) is 0 Å². The van der Waals surface area contributed by atoms with E-state index in [0.717, 1.165) is 12.8 Å². The third-order valence-corrected chi connectivity index (χ3v) is 4.16. The Bertz CT molecular complexity index is 817. The van der Waals surface area contributed by atoms with Crippen LogP contribution in [-0.2, 0) is 0 Å². The number of hydrazine groups is 1. The monoisotopic (exact) mass is 415 g/mol. The number of nitrogens with one attached hydrogen (secondary N) is 4. The zero-order chi connectivity index (χ0) is 20.9. The van der Waals surface area contributed by atoms with Crippen LogP contribution in [-0.4, -0.2) is 50.8 Å². The second-order valence-corrected chi connectivity index (χ2v) is 6.43. The van der Waals surface area contributed by atoms with Gasteiger partial charge in [0.1, 0.15) is 6.54 Å². The number of anilines is 3. The van der Waals surface area contributed by atoms with Crippen molar-refractivity contribution in [2.45, 2.75) is 44.0 Å². The van der Waals surface area contributed by atoms with Crippen molar-refractivity contribution in [2.24, 2.45) is 0 Å². The average Bonchev–Trinajstić information content (AvgIpc) is 3.21. The Morgan fingerprint density at radius 1 is 1.17 bits per heavy atom. The predicted molar refractivity (Wildman–Crippen MR) is 96.1 cm³/mol. The first kappa shape index (κ1) is 20.6. The molecule has 5 N–H and O–H groups in total. The van der Waals surface area contributed by atoms with Gasteiger partial charge in [0.15, 0.2) is 5.76 Å². The summed E-state index contributed by atoms with van der Waals surface area (Å²) in [6, 6.07) is 2.61. The van der Waals surface area contributed by atoms with Gasteiger partial charge in [-0.3, -0.25) is 15.6 Å². The summed E-state index contributed by atoms with van der Waals surface area (Å²) in [7, 11) is 0. The molecule has 0 radical (unpaired) electrons. The van der Waals surface area contributed by atoms with Crippen LogP contribution in [0.4, 0.5) is 31.0 Å². The van der Waals surface area contributed by atoms with Gasteiger partial charge in [-0.2, -0.15) is 28.1 Å². The largest absolute Gasteiger partial charge is 0.459 e. The highest BCUT2D eigenvalue weighted by atomic mass is 19.4. The van der Waals surface area contributed by atoms with Crippen LogP contribution in [0.5, 0.6) is 0 Å². The lowest BCUT2D eigenvalue weighted by Gasteiger charge is -2.28. The minimum Gasteiger partial charge on any atom is -0.459 e. The molecule has 1 saturated carbocycles.